The molecule has 0 saturated carbocycles. The van der Waals surface area contributed by atoms with Crippen molar-refractivity contribution in [2.75, 3.05) is 136 Å². The summed E-state index contributed by atoms with van der Waals surface area (Å²) in [4.78, 5) is 93.1. The second kappa shape index (κ2) is 43.5. The number of rotatable bonds is 19. The molecule has 3 saturated heterocycles. The van der Waals surface area contributed by atoms with E-state index in [2.05, 4.69) is 172 Å². The molecule has 33 nitrogen and oxygen atoms in total. The van der Waals surface area contributed by atoms with Gasteiger partial charge in [-0.3, -0.25) is 37.4 Å². The average molecular weight is 2030 g/mol. The highest BCUT2D eigenvalue weighted by Crippen LogP contribution is 2.36. The first-order valence-corrected chi connectivity index (χ1v) is 44.6. The Kier molecular flexibility index (Phi) is 31.7. The first-order chi connectivity index (χ1) is 63.3. The molecule has 8 aromatic heterocycles. The minimum absolute atomic E-state index is 0.0285. The number of aromatic nitrogens is 12. The molecule has 0 aliphatic carbocycles. The van der Waals surface area contributed by atoms with Crippen LogP contribution in [0.5, 0.6) is 23.0 Å². The maximum Gasteiger partial charge on any atom is 0.369 e. The largest absolute Gasteiger partial charge is 0.508 e. The number of ether oxygens (including phenoxy) is 1. The summed E-state index contributed by atoms with van der Waals surface area (Å²) >= 11 is 20.7. The first kappa shape index (κ1) is 96.1. The fraction of sp³-hybridized carbons (Fsp3) is 0.213. The van der Waals surface area contributed by atoms with Gasteiger partial charge in [0.15, 0.2) is 46.5 Å². The number of benzene rings is 7. The molecule has 3 aliphatic rings. The van der Waals surface area contributed by atoms with E-state index in [1.165, 1.54) is 98.3 Å². The predicted molar refractivity (Wildman–Crippen MR) is 517 cm³/mol. The van der Waals surface area contributed by atoms with Crippen molar-refractivity contribution in [3.8, 4) is 46.3 Å². The average Bonchev–Trinajstić information content (AvgIpc) is 1.63. The van der Waals surface area contributed by atoms with Gasteiger partial charge in [0.25, 0.3) is 23.6 Å². The summed E-state index contributed by atoms with van der Waals surface area (Å²) in [5, 5.41) is 37.0. The second-order valence-electron chi connectivity index (χ2n) is 29.9. The molecular weight excluding hydrogens is 1940 g/mol. The number of phenols is 3. The molecule has 3 aliphatic heterocycles. The van der Waals surface area contributed by atoms with Gasteiger partial charge in [0, 0.05) is 159 Å². The predicted octanol–water partition coefficient (Wildman–Crippen LogP) is 14.4. The Balaban J connectivity index is 0.000000143. The molecule has 7 aromatic carbocycles. The molecule has 0 bridgehead atoms. The summed E-state index contributed by atoms with van der Waals surface area (Å²) in [7, 11) is 1.51. The number of nitrogens with one attached hydrogen (secondary N) is 2. The number of carbonyl (C=O) groups is 4. The molecule has 3 fully saturated rings. The number of nitrogens with zero attached hydrogens (tertiary/aromatic N) is 18. The van der Waals surface area contributed by atoms with E-state index in [1.54, 1.807) is 30.3 Å². The molecule has 0 atom stereocenters. The molecule has 0 unspecified atom stereocenters. The van der Waals surface area contributed by atoms with Crippen LogP contribution in [0.3, 0.4) is 0 Å². The zero-order valence-electron chi connectivity index (χ0n) is 71.4. The Morgan fingerprint density at radius 3 is 1.00 bits per heavy atom. The molecule has 18 rings (SSSR count). The number of piperazine rings is 3. The highest BCUT2D eigenvalue weighted by Gasteiger charge is 2.26. The summed E-state index contributed by atoms with van der Waals surface area (Å²) in [6.45, 7) is 22.3. The number of anilines is 8. The van der Waals surface area contributed by atoms with E-state index in [0.717, 1.165) is 151 Å². The Labute approximate surface area is 788 Å². The minimum Gasteiger partial charge on any atom is -0.508 e. The van der Waals surface area contributed by atoms with E-state index < -0.39 is 46.9 Å². The van der Waals surface area contributed by atoms with Crippen LogP contribution in [0.2, 0.25) is 10.6 Å². The molecule has 0 spiro atoms. The zero-order valence-corrected chi connectivity index (χ0v) is 77.7. The number of aromatic hydroxyl groups is 3. The SMILES string of the molecule is BrB(Br)Br.CCN1CCN(c2cccc(N)c2)CC1.CCN1CCN(c2cccc(Nc3ncc(F)c(-n4cc(C(N)=O)c5cc(O)ccc54)n3)c2)CC1.CCN1CCN(c2cccc(Nc3ncc(F)c(-n4cc(C(N)=O)c5cc(O)ccc54)n3)c2)CC1.COc1ccc2c(c1)c(C(N)=O)cn2-c1nc(Cl)ncc1F.NC(=O)c1cn(-c2nc(Cl)ncc2F)c2ccc(O)cc12. The van der Waals surface area contributed by atoms with Crippen LogP contribution in [0.15, 0.2) is 195 Å². The van der Waals surface area contributed by atoms with Crippen molar-refractivity contribution in [3.05, 3.63) is 251 Å². The van der Waals surface area contributed by atoms with Gasteiger partial charge in [-0.05, 0) is 170 Å². The molecule has 4 amide bonds. The lowest BCUT2D eigenvalue weighted by Gasteiger charge is -2.35. The van der Waals surface area contributed by atoms with Crippen LogP contribution in [0.25, 0.3) is 66.9 Å². The van der Waals surface area contributed by atoms with Gasteiger partial charge in [0.1, 0.15) is 23.0 Å². The van der Waals surface area contributed by atoms with E-state index >= 15 is 0 Å². The second-order valence-corrected chi connectivity index (χ2v) is 37.0. The van der Waals surface area contributed by atoms with Gasteiger partial charge in [-0.15, -0.1) is 47.3 Å². The van der Waals surface area contributed by atoms with E-state index in [1.807, 2.05) is 48.5 Å². The van der Waals surface area contributed by atoms with Crippen LogP contribution >= 0.6 is 70.5 Å². The number of carbonyl (C=O) groups excluding carboxylic acids is 4. The Morgan fingerprint density at radius 2 is 0.697 bits per heavy atom. The van der Waals surface area contributed by atoms with Gasteiger partial charge in [-0.2, -0.15) is 19.9 Å². The number of nitrogens with two attached hydrogens (primary N) is 5. The number of likely N-dealkylation sites (N-methyl/N-ethyl adjacent to an activating group) is 3. The number of fused-ring (bicyclic) bond motifs is 4. The van der Waals surface area contributed by atoms with Crippen LogP contribution in [0, 0.1) is 23.3 Å². The highest BCUT2D eigenvalue weighted by molar-refractivity contribution is 9.69. The van der Waals surface area contributed by atoms with Crippen LogP contribution in [-0.4, -0.2) is 220 Å². The number of hydrogen-bond acceptors (Lipinski definition) is 25. The highest BCUT2D eigenvalue weighted by atomic mass is 79.9. The lowest BCUT2D eigenvalue weighted by molar-refractivity contribution is 0.0993. The fourth-order valence-corrected chi connectivity index (χ4v) is 15.4. The lowest BCUT2D eigenvalue weighted by Crippen LogP contribution is -2.46. The van der Waals surface area contributed by atoms with Crippen molar-refractivity contribution in [1.29, 1.82) is 0 Å². The van der Waals surface area contributed by atoms with Gasteiger partial charge in [-0.1, -0.05) is 39.0 Å². The van der Waals surface area contributed by atoms with Crippen molar-refractivity contribution in [3.63, 3.8) is 0 Å². The number of amides is 4. The number of hydrogen-bond donors (Lipinski definition) is 10. The molecular formula is C89H89BBr3Cl2F4N25O8. The summed E-state index contributed by atoms with van der Waals surface area (Å²) in [6, 6.07) is 42.2. The summed E-state index contributed by atoms with van der Waals surface area (Å²) in [6.07, 6.45) is 9.63. The number of primary amides is 4. The smallest absolute Gasteiger partial charge is 0.369 e. The maximum absolute atomic E-state index is 14.8. The van der Waals surface area contributed by atoms with Gasteiger partial charge < -0.3 is 88.8 Å². The zero-order chi connectivity index (χ0) is 94.3. The quantitative estimate of drug-likeness (QED) is 0.0156. The van der Waals surface area contributed by atoms with Gasteiger partial charge in [-0.25, -0.2) is 37.5 Å². The summed E-state index contributed by atoms with van der Waals surface area (Å²) in [5.41, 5.74) is 35.9. The normalized spacial score (nSPS) is 13.4. The van der Waals surface area contributed by atoms with E-state index in [9.17, 15) is 52.1 Å². The summed E-state index contributed by atoms with van der Waals surface area (Å²) < 4.78 is 68.6. The molecule has 15 N–H and O–H groups in total. The van der Waals surface area contributed by atoms with Gasteiger partial charge in [0.2, 0.25) is 22.5 Å². The van der Waals surface area contributed by atoms with Crippen LogP contribution in [0.1, 0.15) is 62.2 Å². The van der Waals surface area contributed by atoms with Crippen molar-refractivity contribution >= 4 is 187 Å². The number of nitrogen functional groups attached to an aromatic ring is 1. The van der Waals surface area contributed by atoms with E-state index in [4.69, 9.17) is 56.6 Å². The first-order valence-electron chi connectivity index (χ1n) is 41.1. The van der Waals surface area contributed by atoms with Crippen molar-refractivity contribution in [1.82, 2.24) is 72.8 Å². The molecule has 0 radical (unpaired) electrons. The third-order valence-electron chi connectivity index (χ3n) is 21.8. The van der Waals surface area contributed by atoms with Crippen molar-refractivity contribution in [2.45, 2.75) is 20.8 Å². The Bertz CT molecular complexity index is 6500. The van der Waals surface area contributed by atoms with E-state index in [-0.39, 0.29) is 88.4 Å². The number of methoxy groups -OCH3 is 1. The minimum atomic E-state index is -0.708. The van der Waals surface area contributed by atoms with Gasteiger partial charge >= 0.3 is 3.18 Å². The fourth-order valence-electron chi connectivity index (χ4n) is 15.2. The van der Waals surface area contributed by atoms with Crippen LogP contribution in [0.4, 0.5) is 63.6 Å². The third kappa shape index (κ3) is 23.3. The molecule has 684 valence electrons. The maximum atomic E-state index is 14.8. The molecule has 43 heteroatoms. The standard InChI is InChI=1S/2C25H26FN7O2.C14H10ClFN4O2.C13H8ClFN4O2.C12H19N3.BBr3/c2*1-2-31-8-10-32(11-9-31)17-5-3-4-16(12-17)29-25-28-14-21(26)24(30-25)33-15-20(23(27)35)19-13-18(34)6-7-22(19)33;1-22-7-2-3-11-8(4-7)9(12(17)21)6-20(11)13-10(16)5-18-14(15)19-13;14-13-17-4-9(15)12(18-13)19-5-8(11(16)21)7-3-6(20)1-2-10(7)19;1-2-14-6-8-15(9-7-14)12-5-3-4-11(13)10-12;2-1(3)4/h2*3-7,12-15,34H,2,8-11H2,1H3,(H2,27,35)(H,28,29,30);2-6H,1H3,(H2,17,21);1-5,20H,(H2,16,21);3-5,10H,2,6-9,13H2,1H3;. The number of phenolic OH excluding ortho intramolecular Hbond substituents is 3. The van der Waals surface area contributed by atoms with E-state index in [0.29, 0.717) is 49.4 Å². The molecule has 132 heavy (non-hydrogen) atoms. The topological polar surface area (TPSA) is 435 Å². The van der Waals surface area contributed by atoms with Crippen molar-refractivity contribution < 1.29 is 56.8 Å². The Morgan fingerprint density at radius 1 is 0.409 bits per heavy atom. The van der Waals surface area contributed by atoms with Crippen LogP contribution < -0.4 is 58.7 Å². The molecule has 11 heterocycles. The van der Waals surface area contributed by atoms with Crippen molar-refractivity contribution in [2.24, 2.45) is 22.9 Å². The Hall–Kier alpha value is -13.4. The number of halogens is 9. The van der Waals surface area contributed by atoms with Crippen LogP contribution in [-0.2, 0) is 0 Å². The van der Waals surface area contributed by atoms with Gasteiger partial charge in [0.05, 0.1) is 76.2 Å². The third-order valence-corrected chi connectivity index (χ3v) is 22.2. The molecule has 15 aromatic rings. The lowest BCUT2D eigenvalue weighted by atomic mass is 10.1. The monoisotopic (exact) mass is 2030 g/mol. The summed E-state index contributed by atoms with van der Waals surface area (Å²) in [5.74, 6) is -4.85.